The van der Waals surface area contributed by atoms with Crippen LogP contribution in [-0.4, -0.2) is 15.2 Å². The molecule has 1 aromatic carbocycles. The molecule has 2 rings (SSSR count). The average Bonchev–Trinajstić information content (AvgIpc) is 2.30. The molecule has 0 aliphatic heterocycles. The first-order valence-electron chi connectivity index (χ1n) is 5.22. The lowest BCUT2D eigenvalue weighted by molar-refractivity contribution is 0.866. The maximum absolute atomic E-state index is 5.74. The SMILES string of the molecule is CC(C)c1ccc(-c2nncnc2N)cc1. The third-order valence-electron chi connectivity index (χ3n) is 2.50. The van der Waals surface area contributed by atoms with Crippen molar-refractivity contribution in [3.8, 4) is 11.3 Å². The zero-order valence-corrected chi connectivity index (χ0v) is 9.38. The molecule has 0 amide bonds. The largest absolute Gasteiger partial charge is 0.382 e. The second kappa shape index (κ2) is 4.26. The molecule has 2 N–H and O–H groups in total. The quantitative estimate of drug-likeness (QED) is 0.832. The summed E-state index contributed by atoms with van der Waals surface area (Å²) in [6.45, 7) is 4.32. The first-order chi connectivity index (χ1) is 7.68. The molecule has 16 heavy (non-hydrogen) atoms. The fourth-order valence-corrected chi connectivity index (χ4v) is 1.52. The molecule has 1 heterocycles. The van der Waals surface area contributed by atoms with Gasteiger partial charge < -0.3 is 5.73 Å². The van der Waals surface area contributed by atoms with Crippen LogP contribution in [0.4, 0.5) is 5.82 Å². The highest BCUT2D eigenvalue weighted by Crippen LogP contribution is 2.23. The van der Waals surface area contributed by atoms with Crippen LogP contribution in [-0.2, 0) is 0 Å². The molecule has 82 valence electrons. The van der Waals surface area contributed by atoms with Crippen molar-refractivity contribution in [2.75, 3.05) is 5.73 Å². The second-order valence-electron chi connectivity index (χ2n) is 3.97. The van der Waals surface area contributed by atoms with Crippen LogP contribution in [0.15, 0.2) is 30.6 Å². The first-order valence-corrected chi connectivity index (χ1v) is 5.22. The van der Waals surface area contributed by atoms with Crippen LogP contribution in [0, 0.1) is 0 Å². The molecule has 1 aromatic heterocycles. The Bertz CT molecular complexity index is 477. The van der Waals surface area contributed by atoms with E-state index < -0.39 is 0 Å². The summed E-state index contributed by atoms with van der Waals surface area (Å²) >= 11 is 0. The van der Waals surface area contributed by atoms with Gasteiger partial charge in [0.2, 0.25) is 0 Å². The number of anilines is 1. The van der Waals surface area contributed by atoms with Gasteiger partial charge in [-0.1, -0.05) is 38.1 Å². The molecule has 0 saturated carbocycles. The molecule has 0 bridgehead atoms. The number of nitrogens with zero attached hydrogens (tertiary/aromatic N) is 3. The van der Waals surface area contributed by atoms with E-state index in [0.29, 0.717) is 17.4 Å². The smallest absolute Gasteiger partial charge is 0.153 e. The van der Waals surface area contributed by atoms with Crippen molar-refractivity contribution in [1.82, 2.24) is 15.2 Å². The Morgan fingerprint density at radius 3 is 2.38 bits per heavy atom. The van der Waals surface area contributed by atoms with E-state index in [1.165, 1.54) is 11.9 Å². The Balaban J connectivity index is 2.39. The fourth-order valence-electron chi connectivity index (χ4n) is 1.52. The summed E-state index contributed by atoms with van der Waals surface area (Å²) < 4.78 is 0. The van der Waals surface area contributed by atoms with Gasteiger partial charge in [0.15, 0.2) is 5.82 Å². The highest BCUT2D eigenvalue weighted by atomic mass is 15.1. The Morgan fingerprint density at radius 2 is 1.81 bits per heavy atom. The molecule has 0 aliphatic rings. The van der Waals surface area contributed by atoms with Gasteiger partial charge in [0.25, 0.3) is 0 Å². The number of hydrogen-bond donors (Lipinski definition) is 1. The summed E-state index contributed by atoms with van der Waals surface area (Å²) in [5, 5.41) is 7.72. The van der Waals surface area contributed by atoms with E-state index in [9.17, 15) is 0 Å². The molecule has 0 aliphatic carbocycles. The van der Waals surface area contributed by atoms with E-state index >= 15 is 0 Å². The van der Waals surface area contributed by atoms with Crippen LogP contribution in [0.2, 0.25) is 0 Å². The van der Waals surface area contributed by atoms with Crippen molar-refractivity contribution in [3.05, 3.63) is 36.2 Å². The van der Waals surface area contributed by atoms with E-state index in [1.54, 1.807) is 0 Å². The van der Waals surface area contributed by atoms with Crippen LogP contribution in [0.25, 0.3) is 11.3 Å². The highest BCUT2D eigenvalue weighted by molar-refractivity contribution is 5.68. The molecular formula is C12H14N4. The van der Waals surface area contributed by atoms with E-state index in [1.807, 2.05) is 12.1 Å². The summed E-state index contributed by atoms with van der Waals surface area (Å²) in [5.41, 5.74) is 8.61. The number of hydrogen-bond acceptors (Lipinski definition) is 4. The zero-order chi connectivity index (χ0) is 11.5. The van der Waals surface area contributed by atoms with Gasteiger partial charge in [-0.2, -0.15) is 0 Å². The normalized spacial score (nSPS) is 10.7. The van der Waals surface area contributed by atoms with Gasteiger partial charge in [-0.25, -0.2) is 4.98 Å². The summed E-state index contributed by atoms with van der Waals surface area (Å²) in [7, 11) is 0. The van der Waals surface area contributed by atoms with Gasteiger partial charge in [0, 0.05) is 5.56 Å². The maximum Gasteiger partial charge on any atom is 0.153 e. The molecule has 4 nitrogen and oxygen atoms in total. The van der Waals surface area contributed by atoms with E-state index in [-0.39, 0.29) is 0 Å². The minimum absolute atomic E-state index is 0.410. The van der Waals surface area contributed by atoms with E-state index in [4.69, 9.17) is 5.73 Å². The molecule has 0 unspecified atom stereocenters. The van der Waals surface area contributed by atoms with Crippen LogP contribution >= 0.6 is 0 Å². The van der Waals surface area contributed by atoms with Gasteiger partial charge in [-0.05, 0) is 11.5 Å². The number of benzene rings is 1. The molecule has 0 fully saturated rings. The Morgan fingerprint density at radius 1 is 1.12 bits per heavy atom. The Hall–Kier alpha value is -1.97. The Kier molecular flexibility index (Phi) is 2.81. The fraction of sp³-hybridized carbons (Fsp3) is 0.250. The minimum Gasteiger partial charge on any atom is -0.382 e. The van der Waals surface area contributed by atoms with Gasteiger partial charge >= 0.3 is 0 Å². The third-order valence-corrected chi connectivity index (χ3v) is 2.50. The van der Waals surface area contributed by atoms with Crippen LogP contribution in [0.3, 0.4) is 0 Å². The van der Waals surface area contributed by atoms with Crippen LogP contribution < -0.4 is 5.73 Å². The molecule has 2 aromatic rings. The van der Waals surface area contributed by atoms with Crippen molar-refractivity contribution in [3.63, 3.8) is 0 Å². The molecular weight excluding hydrogens is 200 g/mol. The summed E-state index contributed by atoms with van der Waals surface area (Å²) in [4.78, 5) is 3.92. The van der Waals surface area contributed by atoms with E-state index in [2.05, 4.69) is 41.2 Å². The minimum atomic E-state index is 0.410. The number of aromatic nitrogens is 3. The molecule has 0 atom stereocenters. The molecule has 0 saturated heterocycles. The molecule has 4 heteroatoms. The summed E-state index contributed by atoms with van der Waals surface area (Å²) in [5.74, 6) is 0.929. The first kappa shape index (κ1) is 10.5. The summed E-state index contributed by atoms with van der Waals surface area (Å²) in [6, 6.07) is 8.15. The highest BCUT2D eigenvalue weighted by Gasteiger charge is 2.06. The predicted octanol–water partition coefficient (Wildman–Crippen LogP) is 2.24. The van der Waals surface area contributed by atoms with Crippen molar-refractivity contribution in [1.29, 1.82) is 0 Å². The maximum atomic E-state index is 5.74. The molecule has 0 spiro atoms. The number of rotatable bonds is 2. The summed E-state index contributed by atoms with van der Waals surface area (Å²) in [6.07, 6.45) is 1.35. The topological polar surface area (TPSA) is 64.7 Å². The number of nitrogen functional groups attached to an aromatic ring is 1. The van der Waals surface area contributed by atoms with Crippen LogP contribution in [0.1, 0.15) is 25.3 Å². The van der Waals surface area contributed by atoms with Gasteiger partial charge in [0.05, 0.1) is 0 Å². The lowest BCUT2D eigenvalue weighted by Crippen LogP contribution is -1.98. The Labute approximate surface area is 94.6 Å². The van der Waals surface area contributed by atoms with E-state index in [0.717, 1.165) is 5.56 Å². The third kappa shape index (κ3) is 2.00. The van der Waals surface area contributed by atoms with Crippen molar-refractivity contribution in [2.24, 2.45) is 0 Å². The lowest BCUT2D eigenvalue weighted by atomic mass is 10.0. The lowest BCUT2D eigenvalue weighted by Gasteiger charge is -2.06. The standard InChI is InChI=1S/C12H14N4/c1-8(2)9-3-5-10(6-4-9)11-12(13)14-7-15-16-11/h3-8H,1-2H3,(H2,13,14,15). The van der Waals surface area contributed by atoms with Crippen molar-refractivity contribution < 1.29 is 0 Å². The van der Waals surface area contributed by atoms with Gasteiger partial charge in [-0.3, -0.25) is 0 Å². The second-order valence-corrected chi connectivity index (χ2v) is 3.97. The van der Waals surface area contributed by atoms with Crippen molar-refractivity contribution in [2.45, 2.75) is 19.8 Å². The molecule has 0 radical (unpaired) electrons. The van der Waals surface area contributed by atoms with Crippen LogP contribution in [0.5, 0.6) is 0 Å². The van der Waals surface area contributed by atoms with Gasteiger partial charge in [0.1, 0.15) is 12.0 Å². The van der Waals surface area contributed by atoms with Crippen molar-refractivity contribution >= 4 is 5.82 Å². The van der Waals surface area contributed by atoms with Gasteiger partial charge in [-0.15, -0.1) is 10.2 Å². The monoisotopic (exact) mass is 214 g/mol. The predicted molar refractivity (Wildman–Crippen MR) is 63.8 cm³/mol. The average molecular weight is 214 g/mol. The number of nitrogens with two attached hydrogens (primary N) is 1. The zero-order valence-electron chi connectivity index (χ0n) is 9.38.